The van der Waals surface area contributed by atoms with Gasteiger partial charge in [0, 0.05) is 38.9 Å². The summed E-state index contributed by atoms with van der Waals surface area (Å²) in [6.45, 7) is 4.69. The number of hydrogen-bond donors (Lipinski definition) is 0. The molecule has 10 heteroatoms. The lowest BCUT2D eigenvalue weighted by Gasteiger charge is -2.31. The molecule has 148 valence electrons. The largest absolute Gasteiger partial charge is 0.472 e. The number of aromatic nitrogens is 4. The minimum atomic E-state index is -3.64. The van der Waals surface area contributed by atoms with E-state index in [0.29, 0.717) is 12.4 Å². The summed E-state index contributed by atoms with van der Waals surface area (Å²) in [6.07, 6.45) is 4.36. The summed E-state index contributed by atoms with van der Waals surface area (Å²) in [4.78, 5) is 5.93. The van der Waals surface area contributed by atoms with Crippen LogP contribution in [0.15, 0.2) is 29.7 Å². The van der Waals surface area contributed by atoms with Crippen LogP contribution in [0, 0.1) is 0 Å². The predicted molar refractivity (Wildman–Crippen MR) is 101 cm³/mol. The summed E-state index contributed by atoms with van der Waals surface area (Å²) < 4.78 is 34.9. The molecule has 27 heavy (non-hydrogen) atoms. The third-order valence-corrected chi connectivity index (χ3v) is 6.24. The molecule has 1 unspecified atom stereocenters. The molecule has 1 saturated heterocycles. The van der Waals surface area contributed by atoms with E-state index < -0.39 is 10.0 Å². The van der Waals surface area contributed by atoms with Crippen molar-refractivity contribution in [2.24, 2.45) is 0 Å². The zero-order chi connectivity index (χ0) is 19.6. The van der Waals surface area contributed by atoms with Crippen LogP contribution in [0.4, 0.5) is 5.82 Å². The maximum absolute atomic E-state index is 12.9. The van der Waals surface area contributed by atoms with Gasteiger partial charge in [-0.05, 0) is 32.8 Å². The van der Waals surface area contributed by atoms with E-state index >= 15 is 0 Å². The highest BCUT2D eigenvalue weighted by Crippen LogP contribution is 2.23. The highest BCUT2D eigenvalue weighted by molar-refractivity contribution is 7.89. The summed E-state index contributed by atoms with van der Waals surface area (Å²) >= 11 is 0. The van der Waals surface area contributed by atoms with E-state index in [2.05, 4.69) is 15.2 Å². The molecule has 0 spiro atoms. The molecule has 0 aliphatic carbocycles. The molecule has 1 aliphatic rings. The number of anilines is 1. The van der Waals surface area contributed by atoms with Crippen molar-refractivity contribution in [3.63, 3.8) is 0 Å². The molecule has 3 heterocycles. The molecule has 2 aromatic rings. The zero-order valence-corrected chi connectivity index (χ0v) is 16.9. The average molecular weight is 395 g/mol. The quantitative estimate of drug-likeness (QED) is 0.734. The molecule has 0 N–H and O–H groups in total. The van der Waals surface area contributed by atoms with Crippen molar-refractivity contribution in [3.8, 4) is 5.88 Å². The second kappa shape index (κ2) is 7.81. The van der Waals surface area contributed by atoms with Crippen LogP contribution in [0.1, 0.15) is 32.7 Å². The first-order valence-electron chi connectivity index (χ1n) is 8.98. The number of piperidine rings is 1. The van der Waals surface area contributed by atoms with Gasteiger partial charge in [0.2, 0.25) is 5.88 Å². The molecule has 0 saturated carbocycles. The number of imidazole rings is 1. The van der Waals surface area contributed by atoms with Crippen LogP contribution in [0.25, 0.3) is 0 Å². The van der Waals surface area contributed by atoms with Crippen LogP contribution < -0.4 is 9.64 Å². The van der Waals surface area contributed by atoms with Crippen molar-refractivity contribution in [2.45, 2.75) is 43.9 Å². The van der Waals surface area contributed by atoms with Crippen LogP contribution in [-0.2, 0) is 10.0 Å². The lowest BCUT2D eigenvalue weighted by atomic mass is 10.1. The minimum absolute atomic E-state index is 0.0759. The molecule has 1 fully saturated rings. The molecular formula is C17H26N6O3S. The van der Waals surface area contributed by atoms with Crippen LogP contribution in [0.5, 0.6) is 5.88 Å². The summed E-state index contributed by atoms with van der Waals surface area (Å²) in [6, 6.07) is 3.72. The van der Waals surface area contributed by atoms with Gasteiger partial charge in [0.15, 0.2) is 10.8 Å². The van der Waals surface area contributed by atoms with Crippen molar-refractivity contribution >= 4 is 15.8 Å². The van der Waals surface area contributed by atoms with Crippen molar-refractivity contribution < 1.29 is 13.2 Å². The Bertz CT molecular complexity index is 863. The van der Waals surface area contributed by atoms with Crippen molar-refractivity contribution in [1.82, 2.24) is 24.1 Å². The van der Waals surface area contributed by atoms with E-state index in [1.54, 1.807) is 23.2 Å². The van der Waals surface area contributed by atoms with Gasteiger partial charge >= 0.3 is 0 Å². The van der Waals surface area contributed by atoms with Gasteiger partial charge in [0.25, 0.3) is 10.0 Å². The monoisotopic (exact) mass is 394 g/mol. The predicted octanol–water partition coefficient (Wildman–Crippen LogP) is 1.55. The molecular weight excluding hydrogens is 368 g/mol. The zero-order valence-electron chi connectivity index (χ0n) is 16.1. The van der Waals surface area contributed by atoms with E-state index in [4.69, 9.17) is 4.74 Å². The highest BCUT2D eigenvalue weighted by atomic mass is 32.2. The van der Waals surface area contributed by atoms with Gasteiger partial charge in [0.05, 0.1) is 12.9 Å². The smallest absolute Gasteiger partial charge is 0.262 e. The Hall–Kier alpha value is -2.20. The molecule has 1 atom stereocenters. The number of rotatable bonds is 6. The molecule has 9 nitrogen and oxygen atoms in total. The summed E-state index contributed by atoms with van der Waals surface area (Å²) in [7, 11) is 0.129. The fourth-order valence-corrected chi connectivity index (χ4v) is 4.30. The van der Waals surface area contributed by atoms with E-state index in [9.17, 15) is 8.42 Å². The van der Waals surface area contributed by atoms with Gasteiger partial charge in [-0.25, -0.2) is 13.4 Å². The Morgan fingerprint density at radius 2 is 2.04 bits per heavy atom. The fourth-order valence-electron chi connectivity index (χ4n) is 2.87. The van der Waals surface area contributed by atoms with Crippen molar-refractivity contribution in [2.75, 3.05) is 32.1 Å². The van der Waals surface area contributed by atoms with Gasteiger partial charge in [-0.3, -0.25) is 0 Å². The Labute approximate surface area is 160 Å². The van der Waals surface area contributed by atoms with E-state index in [1.807, 2.05) is 38.9 Å². The van der Waals surface area contributed by atoms with Crippen molar-refractivity contribution in [1.29, 1.82) is 0 Å². The second-order valence-electron chi connectivity index (χ2n) is 7.12. The average Bonchev–Trinajstić information content (AvgIpc) is 3.14. The molecule has 1 aliphatic heterocycles. The SMILES string of the molecule is CC(C)n1cnc(S(=O)(=O)N2CCCC(Oc3ccc(N(C)C)nn3)C2)c1. The van der Waals surface area contributed by atoms with Gasteiger partial charge in [-0.15, -0.1) is 10.2 Å². The van der Waals surface area contributed by atoms with E-state index in [0.717, 1.165) is 18.7 Å². The first kappa shape index (κ1) is 19.6. The maximum atomic E-state index is 12.9. The van der Waals surface area contributed by atoms with Crippen LogP contribution in [0.2, 0.25) is 0 Å². The lowest BCUT2D eigenvalue weighted by Crippen LogP contribution is -2.44. The molecule has 0 bridgehead atoms. The van der Waals surface area contributed by atoms with Crippen LogP contribution in [-0.4, -0.2) is 65.8 Å². The molecule has 3 rings (SSSR count). The summed E-state index contributed by atoms with van der Waals surface area (Å²) in [5.41, 5.74) is 0. The van der Waals surface area contributed by atoms with Gasteiger partial charge in [-0.2, -0.15) is 4.31 Å². The first-order chi connectivity index (χ1) is 12.8. The number of hydrogen-bond acceptors (Lipinski definition) is 7. The van der Waals surface area contributed by atoms with E-state index in [1.165, 1.54) is 4.31 Å². The Morgan fingerprint density at radius 1 is 1.26 bits per heavy atom. The molecule has 0 radical (unpaired) electrons. The molecule has 0 aromatic carbocycles. The van der Waals surface area contributed by atoms with Crippen molar-refractivity contribution in [3.05, 3.63) is 24.7 Å². The van der Waals surface area contributed by atoms with Crippen LogP contribution >= 0.6 is 0 Å². The van der Waals surface area contributed by atoms with Gasteiger partial charge in [-0.1, -0.05) is 0 Å². The Kier molecular flexibility index (Phi) is 5.66. The second-order valence-corrected chi connectivity index (χ2v) is 9.01. The van der Waals surface area contributed by atoms with Gasteiger partial charge < -0.3 is 14.2 Å². The summed E-state index contributed by atoms with van der Waals surface area (Å²) in [5, 5.41) is 8.23. The standard InChI is InChI=1S/C17H26N6O3S/c1-13(2)22-11-17(18-12-22)27(24,25)23-9-5-6-14(10-23)26-16-8-7-15(19-20-16)21(3)4/h7-8,11-14H,5-6,9-10H2,1-4H3. The van der Waals surface area contributed by atoms with Crippen LogP contribution in [0.3, 0.4) is 0 Å². The molecule has 0 amide bonds. The summed E-state index contributed by atoms with van der Waals surface area (Å²) in [5.74, 6) is 1.13. The maximum Gasteiger partial charge on any atom is 0.262 e. The number of sulfonamides is 1. The molecule has 2 aromatic heterocycles. The topological polar surface area (TPSA) is 93.5 Å². The minimum Gasteiger partial charge on any atom is -0.472 e. The lowest BCUT2D eigenvalue weighted by molar-refractivity contribution is 0.123. The Morgan fingerprint density at radius 3 is 2.63 bits per heavy atom. The number of nitrogens with zero attached hydrogens (tertiary/aromatic N) is 6. The number of ether oxygens (including phenoxy) is 1. The third-order valence-electron chi connectivity index (χ3n) is 4.49. The first-order valence-corrected chi connectivity index (χ1v) is 10.4. The van der Waals surface area contributed by atoms with E-state index in [-0.39, 0.29) is 23.7 Å². The Balaban J connectivity index is 1.69. The normalized spacial score (nSPS) is 18.6. The highest BCUT2D eigenvalue weighted by Gasteiger charge is 2.33. The fraction of sp³-hybridized carbons (Fsp3) is 0.588. The van der Waals surface area contributed by atoms with Gasteiger partial charge in [0.1, 0.15) is 6.10 Å². The third kappa shape index (κ3) is 4.38.